The molecule has 4 nitrogen and oxygen atoms in total. The van der Waals surface area contributed by atoms with E-state index in [0.29, 0.717) is 5.88 Å². The summed E-state index contributed by atoms with van der Waals surface area (Å²) in [7, 11) is 1.63. The number of ether oxygens (including phenoxy) is 1. The number of aromatic nitrogens is 1. The number of hydrogen-bond acceptors (Lipinski definition) is 4. The van der Waals surface area contributed by atoms with Gasteiger partial charge >= 0.3 is 6.98 Å². The first-order chi connectivity index (χ1) is 10.3. The molecule has 21 heavy (non-hydrogen) atoms. The molecule has 4 rings (SSSR count). The van der Waals surface area contributed by atoms with Gasteiger partial charge in [0.25, 0.3) is 0 Å². The van der Waals surface area contributed by atoms with Gasteiger partial charge in [-0.25, -0.2) is 4.98 Å². The first-order valence-electron chi connectivity index (χ1n) is 6.91. The van der Waals surface area contributed by atoms with Crippen LogP contribution in [0.2, 0.25) is 0 Å². The lowest BCUT2D eigenvalue weighted by Gasteiger charge is -2.26. The van der Waals surface area contributed by atoms with Crippen molar-refractivity contribution in [3.8, 4) is 5.88 Å². The fraction of sp³-hybridized carbons (Fsp3) is 0.0625. The highest BCUT2D eigenvalue weighted by Gasteiger charge is 2.26. The molecule has 1 aliphatic heterocycles. The van der Waals surface area contributed by atoms with Gasteiger partial charge in [-0.15, -0.1) is 0 Å². The Labute approximate surface area is 123 Å². The van der Waals surface area contributed by atoms with E-state index in [1.54, 1.807) is 7.11 Å². The van der Waals surface area contributed by atoms with E-state index >= 15 is 0 Å². The van der Waals surface area contributed by atoms with Crippen LogP contribution in [0.15, 0.2) is 54.6 Å². The maximum absolute atomic E-state index is 5.21. The molecule has 5 heteroatoms. The van der Waals surface area contributed by atoms with E-state index in [1.165, 1.54) is 10.8 Å². The van der Waals surface area contributed by atoms with Crippen molar-refractivity contribution in [2.24, 2.45) is 0 Å². The Kier molecular flexibility index (Phi) is 2.70. The minimum Gasteiger partial charge on any atom is -0.481 e. The van der Waals surface area contributed by atoms with Gasteiger partial charge in [-0.2, -0.15) is 0 Å². The number of nitrogens with zero attached hydrogens (tertiary/aromatic N) is 1. The van der Waals surface area contributed by atoms with Crippen molar-refractivity contribution >= 4 is 34.7 Å². The van der Waals surface area contributed by atoms with Crippen LogP contribution in [0.1, 0.15) is 0 Å². The summed E-state index contributed by atoms with van der Waals surface area (Å²) >= 11 is 0. The van der Waals surface area contributed by atoms with Crippen LogP contribution >= 0.6 is 0 Å². The van der Waals surface area contributed by atoms with Crippen molar-refractivity contribution in [3.05, 3.63) is 54.6 Å². The van der Waals surface area contributed by atoms with Gasteiger partial charge in [-0.3, -0.25) is 0 Å². The second kappa shape index (κ2) is 4.70. The Morgan fingerprint density at radius 1 is 0.905 bits per heavy atom. The number of methoxy groups -OCH3 is 1. The zero-order chi connectivity index (χ0) is 14.2. The van der Waals surface area contributed by atoms with E-state index in [4.69, 9.17) is 4.74 Å². The van der Waals surface area contributed by atoms with Crippen LogP contribution in [-0.4, -0.2) is 19.1 Å². The molecule has 0 spiro atoms. The average Bonchev–Trinajstić information content (AvgIpc) is 2.55. The predicted molar refractivity (Wildman–Crippen MR) is 87.4 cm³/mol. The lowest BCUT2D eigenvalue weighted by atomic mass is 9.69. The Bertz CT molecular complexity index is 781. The Balaban J connectivity index is 1.79. The van der Waals surface area contributed by atoms with E-state index in [-0.39, 0.29) is 6.98 Å². The van der Waals surface area contributed by atoms with E-state index in [1.807, 2.05) is 18.2 Å². The Hall–Kier alpha value is -2.69. The Morgan fingerprint density at radius 2 is 1.57 bits per heavy atom. The van der Waals surface area contributed by atoms with Crippen molar-refractivity contribution in [1.82, 2.24) is 4.98 Å². The number of anilines is 2. The number of benzene rings is 2. The Morgan fingerprint density at radius 3 is 2.24 bits per heavy atom. The smallest absolute Gasteiger partial charge is 0.425 e. The largest absolute Gasteiger partial charge is 0.481 e. The van der Waals surface area contributed by atoms with Crippen LogP contribution in [0.25, 0.3) is 10.8 Å². The monoisotopic (exact) mass is 275 g/mol. The van der Waals surface area contributed by atoms with Gasteiger partial charge in [0, 0.05) is 22.8 Å². The van der Waals surface area contributed by atoms with E-state index in [9.17, 15) is 0 Å². The molecule has 2 heterocycles. The zero-order valence-electron chi connectivity index (χ0n) is 11.6. The summed E-state index contributed by atoms with van der Waals surface area (Å²) in [5.41, 5.74) is 3.15. The molecule has 2 N–H and O–H groups in total. The molecule has 2 aromatic carbocycles. The molecule has 0 bridgehead atoms. The third-order valence-electron chi connectivity index (χ3n) is 3.75. The number of rotatable bonds is 2. The van der Waals surface area contributed by atoms with Gasteiger partial charge < -0.3 is 15.2 Å². The summed E-state index contributed by atoms with van der Waals surface area (Å²) in [6.45, 7) is -0.0689. The quantitative estimate of drug-likeness (QED) is 0.705. The van der Waals surface area contributed by atoms with Crippen molar-refractivity contribution in [1.29, 1.82) is 0 Å². The minimum absolute atomic E-state index is 0.0689. The number of pyridine rings is 1. The third-order valence-corrected chi connectivity index (χ3v) is 3.75. The van der Waals surface area contributed by atoms with Crippen LogP contribution in [0, 0.1) is 0 Å². The highest BCUT2D eigenvalue weighted by Crippen LogP contribution is 2.33. The normalized spacial score (nSPS) is 12.7. The van der Waals surface area contributed by atoms with Crippen LogP contribution in [0.3, 0.4) is 0 Å². The molecular weight excluding hydrogens is 261 g/mol. The SMILES string of the molecule is COc1cccc(B2Nc3cccc4cccc(c34)N2)n1. The van der Waals surface area contributed by atoms with E-state index in [2.05, 4.69) is 51.8 Å². The number of hydrogen-bond donors (Lipinski definition) is 2. The molecule has 0 atom stereocenters. The standard InChI is InChI=1S/C16H14BN3O/c1-21-15-10-4-9-14(18-15)17-19-12-7-2-5-11-6-3-8-13(20-17)16(11)12/h2-10,19-20H,1H3. The second-order valence-electron chi connectivity index (χ2n) is 5.04. The molecule has 0 unspecified atom stereocenters. The van der Waals surface area contributed by atoms with Crippen LogP contribution in [0.5, 0.6) is 5.88 Å². The molecule has 0 aliphatic carbocycles. The summed E-state index contributed by atoms with van der Waals surface area (Å²) in [6.07, 6.45) is 0. The molecule has 1 aromatic heterocycles. The third kappa shape index (κ3) is 1.98. The fourth-order valence-corrected chi connectivity index (χ4v) is 2.78. The molecule has 1 aliphatic rings. The second-order valence-corrected chi connectivity index (χ2v) is 5.04. The zero-order valence-corrected chi connectivity index (χ0v) is 11.6. The van der Waals surface area contributed by atoms with Crippen LogP contribution < -0.4 is 20.8 Å². The lowest BCUT2D eigenvalue weighted by molar-refractivity contribution is 0.399. The van der Waals surface area contributed by atoms with Crippen molar-refractivity contribution in [3.63, 3.8) is 0 Å². The summed E-state index contributed by atoms with van der Waals surface area (Å²) in [6, 6.07) is 18.4. The molecule has 0 saturated carbocycles. The first kappa shape index (κ1) is 12.1. The van der Waals surface area contributed by atoms with Crippen LogP contribution in [0.4, 0.5) is 11.4 Å². The lowest BCUT2D eigenvalue weighted by Crippen LogP contribution is -2.49. The maximum atomic E-state index is 5.21. The van der Waals surface area contributed by atoms with E-state index in [0.717, 1.165) is 17.0 Å². The molecule has 0 fully saturated rings. The summed E-state index contributed by atoms with van der Waals surface area (Å²) in [4.78, 5) is 4.50. The van der Waals surface area contributed by atoms with Gasteiger partial charge in [-0.05, 0) is 23.6 Å². The molecule has 3 aromatic rings. The summed E-state index contributed by atoms with van der Waals surface area (Å²) < 4.78 is 5.21. The molecule has 102 valence electrons. The highest BCUT2D eigenvalue weighted by molar-refractivity contribution is 6.79. The fourth-order valence-electron chi connectivity index (χ4n) is 2.78. The predicted octanol–water partition coefficient (Wildman–Crippen LogP) is 2.48. The van der Waals surface area contributed by atoms with Gasteiger partial charge in [0.2, 0.25) is 5.88 Å². The average molecular weight is 275 g/mol. The van der Waals surface area contributed by atoms with Crippen molar-refractivity contribution in [2.75, 3.05) is 17.6 Å². The first-order valence-corrected chi connectivity index (χ1v) is 6.91. The van der Waals surface area contributed by atoms with Crippen molar-refractivity contribution in [2.45, 2.75) is 0 Å². The van der Waals surface area contributed by atoms with Crippen molar-refractivity contribution < 1.29 is 4.74 Å². The minimum atomic E-state index is -0.0689. The van der Waals surface area contributed by atoms with E-state index < -0.39 is 0 Å². The van der Waals surface area contributed by atoms with Gasteiger partial charge in [0.1, 0.15) is 0 Å². The van der Waals surface area contributed by atoms with Gasteiger partial charge in [0.05, 0.1) is 12.7 Å². The molecular formula is C16H14BN3O. The number of nitrogens with one attached hydrogen (secondary N) is 2. The molecule has 0 saturated heterocycles. The summed E-state index contributed by atoms with van der Waals surface area (Å²) in [5, 5.41) is 9.44. The van der Waals surface area contributed by atoms with Gasteiger partial charge in [-0.1, -0.05) is 30.3 Å². The topological polar surface area (TPSA) is 46.2 Å². The molecule has 0 radical (unpaired) electrons. The maximum Gasteiger partial charge on any atom is 0.425 e. The van der Waals surface area contributed by atoms with Crippen LogP contribution in [-0.2, 0) is 0 Å². The summed E-state index contributed by atoms with van der Waals surface area (Å²) in [5.74, 6) is 0.619. The highest BCUT2D eigenvalue weighted by atomic mass is 16.5. The van der Waals surface area contributed by atoms with Gasteiger partial charge in [0.15, 0.2) is 0 Å². The molecule has 0 amide bonds.